The molecule has 3 N–H and O–H groups in total. The summed E-state index contributed by atoms with van der Waals surface area (Å²) in [5.74, 6) is 0. The first-order valence-electron chi connectivity index (χ1n) is 5.96. The number of hydrogen-bond donors (Lipinski definition) is 3. The number of aliphatic hydroxyl groups excluding tert-OH is 3. The number of thioether (sulfide) groups is 1. The Morgan fingerprint density at radius 1 is 1.28 bits per heavy atom. The number of ether oxygens (including phenoxy) is 1. The van der Waals surface area contributed by atoms with Crippen LogP contribution in [-0.2, 0) is 4.74 Å². The van der Waals surface area contributed by atoms with E-state index < -0.39 is 18.3 Å². The first kappa shape index (κ1) is 13.8. The van der Waals surface area contributed by atoms with Crippen molar-refractivity contribution in [2.75, 3.05) is 6.61 Å². The molecule has 1 aromatic carbocycles. The van der Waals surface area contributed by atoms with E-state index >= 15 is 0 Å². The highest BCUT2D eigenvalue weighted by Gasteiger charge is 2.36. The Hall–Kier alpha value is -0.590. The second-order valence-electron chi connectivity index (χ2n) is 4.51. The van der Waals surface area contributed by atoms with Gasteiger partial charge >= 0.3 is 0 Å². The Morgan fingerprint density at radius 2 is 1.94 bits per heavy atom. The molecule has 0 radical (unpaired) electrons. The van der Waals surface area contributed by atoms with Crippen molar-refractivity contribution in [3.05, 3.63) is 29.8 Å². The summed E-state index contributed by atoms with van der Waals surface area (Å²) in [5.41, 5.74) is 0.941. The Kier molecular flexibility index (Phi) is 4.64. The molecule has 0 amide bonds. The fraction of sp³-hybridized carbons (Fsp3) is 0.538. The summed E-state index contributed by atoms with van der Waals surface area (Å²) >= 11 is 1.49. The van der Waals surface area contributed by atoms with Crippen LogP contribution in [0.15, 0.2) is 29.2 Å². The molecule has 0 spiro atoms. The van der Waals surface area contributed by atoms with Gasteiger partial charge in [0.25, 0.3) is 0 Å². The summed E-state index contributed by atoms with van der Waals surface area (Å²) in [4.78, 5) is 1.05. The van der Waals surface area contributed by atoms with Crippen LogP contribution in [0.4, 0.5) is 0 Å². The van der Waals surface area contributed by atoms with E-state index in [2.05, 4.69) is 0 Å². The topological polar surface area (TPSA) is 69.9 Å². The van der Waals surface area contributed by atoms with E-state index in [1.807, 2.05) is 31.2 Å². The van der Waals surface area contributed by atoms with Crippen molar-refractivity contribution in [2.45, 2.75) is 42.0 Å². The van der Waals surface area contributed by atoms with Gasteiger partial charge in [-0.25, -0.2) is 0 Å². The quantitative estimate of drug-likeness (QED) is 0.762. The van der Waals surface area contributed by atoms with Crippen molar-refractivity contribution < 1.29 is 20.1 Å². The third kappa shape index (κ3) is 3.24. The standard InChI is InChI=1S/C13H18O4S/c1-8-2-4-9(5-3-8)18-12-6-10(15)13(16)11(7-14)17-12/h2-5,10-16H,6-7H2,1H3/t10-,11-,12?,13-/m1/s1. The molecule has 0 aromatic heterocycles. The van der Waals surface area contributed by atoms with Gasteiger partial charge in [0.15, 0.2) is 0 Å². The number of benzene rings is 1. The second-order valence-corrected chi connectivity index (χ2v) is 5.74. The van der Waals surface area contributed by atoms with Crippen LogP contribution in [0.25, 0.3) is 0 Å². The van der Waals surface area contributed by atoms with Gasteiger partial charge in [0.2, 0.25) is 0 Å². The summed E-state index contributed by atoms with van der Waals surface area (Å²) in [5, 5.41) is 28.4. The van der Waals surface area contributed by atoms with Crippen molar-refractivity contribution in [2.24, 2.45) is 0 Å². The zero-order valence-electron chi connectivity index (χ0n) is 10.2. The number of aliphatic hydroxyl groups is 3. The molecular weight excluding hydrogens is 252 g/mol. The van der Waals surface area contributed by atoms with Gasteiger partial charge in [0.1, 0.15) is 17.6 Å². The van der Waals surface area contributed by atoms with Gasteiger partial charge in [-0.05, 0) is 19.1 Å². The molecule has 1 fully saturated rings. The highest BCUT2D eigenvalue weighted by atomic mass is 32.2. The van der Waals surface area contributed by atoms with Crippen LogP contribution in [0.3, 0.4) is 0 Å². The summed E-state index contributed by atoms with van der Waals surface area (Å²) in [6, 6.07) is 8.02. The van der Waals surface area contributed by atoms with Crippen LogP contribution in [-0.4, -0.2) is 45.7 Å². The fourth-order valence-electron chi connectivity index (χ4n) is 1.91. The molecule has 4 nitrogen and oxygen atoms in total. The number of rotatable bonds is 3. The van der Waals surface area contributed by atoms with Crippen LogP contribution in [0, 0.1) is 6.92 Å². The van der Waals surface area contributed by atoms with Crippen molar-refractivity contribution in [3.63, 3.8) is 0 Å². The first-order valence-corrected chi connectivity index (χ1v) is 6.84. The van der Waals surface area contributed by atoms with Crippen molar-refractivity contribution >= 4 is 11.8 Å². The van der Waals surface area contributed by atoms with E-state index in [0.29, 0.717) is 6.42 Å². The van der Waals surface area contributed by atoms with Crippen LogP contribution in [0.1, 0.15) is 12.0 Å². The molecule has 1 saturated heterocycles. The highest BCUT2D eigenvalue weighted by molar-refractivity contribution is 7.99. The fourth-order valence-corrected chi connectivity index (χ4v) is 3.00. The van der Waals surface area contributed by atoms with Crippen molar-refractivity contribution in [3.8, 4) is 0 Å². The maximum absolute atomic E-state index is 9.72. The predicted molar refractivity (Wildman–Crippen MR) is 69.4 cm³/mol. The second kappa shape index (κ2) is 6.04. The minimum atomic E-state index is -1.01. The van der Waals surface area contributed by atoms with Crippen molar-refractivity contribution in [1.82, 2.24) is 0 Å². The van der Waals surface area contributed by atoms with Gasteiger partial charge < -0.3 is 20.1 Å². The molecule has 5 heteroatoms. The minimum absolute atomic E-state index is 0.247. The average molecular weight is 270 g/mol. The maximum Gasteiger partial charge on any atom is 0.110 e. The molecule has 18 heavy (non-hydrogen) atoms. The van der Waals surface area contributed by atoms with Gasteiger partial charge in [0, 0.05) is 11.3 Å². The van der Waals surface area contributed by atoms with E-state index in [1.165, 1.54) is 17.3 Å². The monoisotopic (exact) mass is 270 g/mol. The van der Waals surface area contributed by atoms with Gasteiger partial charge in [-0.1, -0.05) is 29.5 Å². The van der Waals surface area contributed by atoms with Crippen LogP contribution >= 0.6 is 11.8 Å². The Bertz CT molecular complexity index is 381. The predicted octanol–water partition coefficient (Wildman–Crippen LogP) is 0.916. The van der Waals surface area contributed by atoms with Gasteiger partial charge in [-0.15, -0.1) is 0 Å². The van der Waals surface area contributed by atoms with Crippen LogP contribution in [0.2, 0.25) is 0 Å². The third-order valence-electron chi connectivity index (χ3n) is 3.00. The summed E-state index contributed by atoms with van der Waals surface area (Å²) in [6.45, 7) is 1.73. The van der Waals surface area contributed by atoms with E-state index in [1.54, 1.807) is 0 Å². The minimum Gasteiger partial charge on any atom is -0.394 e. The molecule has 2 rings (SSSR count). The van der Waals surface area contributed by atoms with Crippen molar-refractivity contribution in [1.29, 1.82) is 0 Å². The summed E-state index contributed by atoms with van der Waals surface area (Å²) in [7, 11) is 0. The number of hydrogen-bond acceptors (Lipinski definition) is 5. The van der Waals surface area contributed by atoms with Gasteiger partial charge in [-0.3, -0.25) is 0 Å². The molecule has 1 heterocycles. The molecule has 1 aliphatic heterocycles. The van der Waals surface area contributed by atoms with E-state index in [4.69, 9.17) is 9.84 Å². The Labute approximate surface area is 111 Å². The lowest BCUT2D eigenvalue weighted by atomic mass is 10.0. The Balaban J connectivity index is 1.99. The molecule has 4 atom stereocenters. The lowest BCUT2D eigenvalue weighted by molar-refractivity contribution is -0.157. The normalized spacial score (nSPS) is 32.4. The molecule has 0 aliphatic carbocycles. The van der Waals surface area contributed by atoms with E-state index in [-0.39, 0.29) is 12.0 Å². The Morgan fingerprint density at radius 3 is 2.56 bits per heavy atom. The number of aryl methyl sites for hydroxylation is 1. The van der Waals surface area contributed by atoms with Gasteiger partial charge in [0.05, 0.1) is 12.7 Å². The summed E-state index contributed by atoms with van der Waals surface area (Å²) < 4.78 is 5.56. The molecular formula is C13H18O4S. The summed E-state index contributed by atoms with van der Waals surface area (Å²) in [6.07, 6.45) is -2.21. The largest absolute Gasteiger partial charge is 0.394 e. The zero-order valence-corrected chi connectivity index (χ0v) is 11.0. The SMILES string of the molecule is Cc1ccc(SC2C[C@@H](O)[C@@H](O)[C@@H](CO)O2)cc1. The highest BCUT2D eigenvalue weighted by Crippen LogP contribution is 2.32. The maximum atomic E-state index is 9.72. The molecule has 0 bridgehead atoms. The van der Waals surface area contributed by atoms with Crippen LogP contribution < -0.4 is 0 Å². The molecule has 1 aromatic rings. The molecule has 0 saturated carbocycles. The van der Waals surface area contributed by atoms with E-state index in [0.717, 1.165) is 4.90 Å². The molecule has 100 valence electrons. The molecule has 1 unspecified atom stereocenters. The molecule has 1 aliphatic rings. The van der Waals surface area contributed by atoms with Crippen LogP contribution in [0.5, 0.6) is 0 Å². The smallest absolute Gasteiger partial charge is 0.110 e. The van der Waals surface area contributed by atoms with Gasteiger partial charge in [-0.2, -0.15) is 0 Å². The average Bonchev–Trinajstić information content (AvgIpc) is 2.36. The lowest BCUT2D eigenvalue weighted by Crippen LogP contribution is -2.48. The lowest BCUT2D eigenvalue weighted by Gasteiger charge is -2.35. The first-order chi connectivity index (χ1) is 8.60. The van der Waals surface area contributed by atoms with E-state index in [9.17, 15) is 10.2 Å². The zero-order chi connectivity index (χ0) is 13.1. The third-order valence-corrected chi connectivity index (χ3v) is 4.11.